The van der Waals surface area contributed by atoms with Crippen molar-refractivity contribution in [3.63, 3.8) is 0 Å². The van der Waals surface area contributed by atoms with Gasteiger partial charge in [-0.3, -0.25) is 4.79 Å². The molecule has 0 radical (unpaired) electrons. The molecule has 0 spiro atoms. The van der Waals surface area contributed by atoms with Crippen molar-refractivity contribution in [1.82, 2.24) is 4.90 Å². The minimum absolute atomic E-state index is 0.00867. The first-order valence-electron chi connectivity index (χ1n) is 9.61. The largest absolute Gasteiger partial charge is 0.444 e. The number of terminal acetylenes is 1. The number of piperidine rings is 1. The van der Waals surface area contributed by atoms with Crippen molar-refractivity contribution < 1.29 is 14.3 Å². The SMILES string of the molecule is C#CC1CC(=O)N(c2ccc(C3CCN(C(=O)OC(C)(C)C)CC3)cc2)C1. The molecule has 2 heterocycles. The monoisotopic (exact) mass is 368 g/mol. The average molecular weight is 368 g/mol. The summed E-state index contributed by atoms with van der Waals surface area (Å²) in [4.78, 5) is 27.9. The van der Waals surface area contributed by atoms with Crippen LogP contribution in [0.4, 0.5) is 10.5 Å². The molecule has 1 aromatic rings. The topological polar surface area (TPSA) is 49.9 Å². The highest BCUT2D eigenvalue weighted by Gasteiger charge is 2.30. The van der Waals surface area contributed by atoms with E-state index in [0.29, 0.717) is 32.0 Å². The Balaban J connectivity index is 1.57. The number of benzene rings is 1. The van der Waals surface area contributed by atoms with Gasteiger partial charge in [-0.2, -0.15) is 0 Å². The quantitative estimate of drug-likeness (QED) is 0.747. The van der Waals surface area contributed by atoms with Crippen molar-refractivity contribution in [3.05, 3.63) is 29.8 Å². The zero-order chi connectivity index (χ0) is 19.6. The van der Waals surface area contributed by atoms with E-state index in [2.05, 4.69) is 18.1 Å². The molecule has 5 heteroatoms. The fraction of sp³-hybridized carbons (Fsp3) is 0.545. The smallest absolute Gasteiger partial charge is 0.410 e. The van der Waals surface area contributed by atoms with Gasteiger partial charge >= 0.3 is 6.09 Å². The molecule has 2 aliphatic heterocycles. The van der Waals surface area contributed by atoms with Crippen LogP contribution in [0.2, 0.25) is 0 Å². The summed E-state index contributed by atoms with van der Waals surface area (Å²) in [5.41, 5.74) is 1.70. The lowest BCUT2D eigenvalue weighted by atomic mass is 9.89. The van der Waals surface area contributed by atoms with Crippen LogP contribution in [-0.2, 0) is 9.53 Å². The highest BCUT2D eigenvalue weighted by atomic mass is 16.6. The Kier molecular flexibility index (Phi) is 5.46. The minimum Gasteiger partial charge on any atom is -0.444 e. The molecular formula is C22H28N2O3. The molecule has 2 amide bonds. The third kappa shape index (κ3) is 4.63. The Bertz CT molecular complexity index is 734. The first-order valence-corrected chi connectivity index (χ1v) is 9.61. The van der Waals surface area contributed by atoms with E-state index in [1.54, 1.807) is 9.80 Å². The summed E-state index contributed by atoms with van der Waals surface area (Å²) in [7, 11) is 0. The molecule has 0 saturated carbocycles. The number of likely N-dealkylation sites (tertiary alicyclic amines) is 1. The van der Waals surface area contributed by atoms with Crippen molar-refractivity contribution >= 4 is 17.7 Å². The van der Waals surface area contributed by atoms with Gasteiger partial charge in [0.05, 0.1) is 0 Å². The molecule has 144 valence electrons. The first kappa shape index (κ1) is 19.3. The maximum Gasteiger partial charge on any atom is 0.410 e. The number of hydrogen-bond acceptors (Lipinski definition) is 3. The Morgan fingerprint density at radius 1 is 1.19 bits per heavy atom. The lowest BCUT2D eigenvalue weighted by Crippen LogP contribution is -2.41. The summed E-state index contributed by atoms with van der Waals surface area (Å²) in [6.07, 6.45) is 7.49. The van der Waals surface area contributed by atoms with Gasteiger partial charge < -0.3 is 14.5 Å². The predicted molar refractivity (Wildman–Crippen MR) is 106 cm³/mol. The zero-order valence-electron chi connectivity index (χ0n) is 16.4. The molecule has 0 bridgehead atoms. The van der Waals surface area contributed by atoms with Gasteiger partial charge in [0.15, 0.2) is 0 Å². The number of nitrogens with zero attached hydrogens (tertiary/aromatic N) is 2. The van der Waals surface area contributed by atoms with Crippen molar-refractivity contribution in [3.8, 4) is 12.3 Å². The summed E-state index contributed by atoms with van der Waals surface area (Å²) >= 11 is 0. The molecule has 0 aliphatic carbocycles. The van der Waals surface area contributed by atoms with E-state index in [1.165, 1.54) is 5.56 Å². The predicted octanol–water partition coefficient (Wildman–Crippen LogP) is 3.79. The second kappa shape index (κ2) is 7.64. The normalized spacial score (nSPS) is 21.3. The van der Waals surface area contributed by atoms with Gasteiger partial charge in [0.1, 0.15) is 5.60 Å². The van der Waals surface area contributed by atoms with E-state index in [9.17, 15) is 9.59 Å². The molecule has 2 fully saturated rings. The number of amides is 2. The third-order valence-corrected chi connectivity index (χ3v) is 5.18. The van der Waals surface area contributed by atoms with Crippen LogP contribution in [0.15, 0.2) is 24.3 Å². The first-order chi connectivity index (χ1) is 12.8. The Morgan fingerprint density at radius 2 is 1.81 bits per heavy atom. The second-order valence-corrected chi connectivity index (χ2v) is 8.41. The fourth-order valence-corrected chi connectivity index (χ4v) is 3.72. The van der Waals surface area contributed by atoms with E-state index >= 15 is 0 Å². The molecular weight excluding hydrogens is 340 g/mol. The lowest BCUT2D eigenvalue weighted by molar-refractivity contribution is -0.117. The number of carbonyl (C=O) groups is 2. The average Bonchev–Trinajstić information content (AvgIpc) is 3.01. The van der Waals surface area contributed by atoms with Gasteiger partial charge in [0.2, 0.25) is 5.91 Å². The number of rotatable bonds is 2. The molecule has 0 aromatic heterocycles. The molecule has 2 aliphatic rings. The van der Waals surface area contributed by atoms with Gasteiger partial charge in [0, 0.05) is 37.7 Å². The molecule has 0 N–H and O–H groups in total. The van der Waals surface area contributed by atoms with E-state index in [0.717, 1.165) is 18.5 Å². The molecule has 1 atom stereocenters. The standard InChI is InChI=1S/C22H28N2O3/c1-5-16-14-20(25)24(15-16)19-8-6-17(7-9-19)18-10-12-23(13-11-18)21(26)27-22(2,3)4/h1,6-9,16,18H,10-15H2,2-4H3. The van der Waals surface area contributed by atoms with E-state index < -0.39 is 5.60 Å². The summed E-state index contributed by atoms with van der Waals surface area (Å²) < 4.78 is 5.45. The van der Waals surface area contributed by atoms with Crippen LogP contribution < -0.4 is 4.90 Å². The second-order valence-electron chi connectivity index (χ2n) is 8.41. The summed E-state index contributed by atoms with van der Waals surface area (Å²) in [6, 6.07) is 8.21. The third-order valence-electron chi connectivity index (χ3n) is 5.18. The van der Waals surface area contributed by atoms with Gasteiger partial charge in [-0.1, -0.05) is 12.1 Å². The molecule has 2 saturated heterocycles. The van der Waals surface area contributed by atoms with Crippen molar-refractivity contribution in [2.75, 3.05) is 24.5 Å². The molecule has 27 heavy (non-hydrogen) atoms. The highest BCUT2D eigenvalue weighted by Crippen LogP contribution is 2.31. The van der Waals surface area contributed by atoms with Crippen molar-refractivity contribution in [2.24, 2.45) is 5.92 Å². The molecule has 3 rings (SSSR count). The minimum atomic E-state index is -0.463. The zero-order valence-corrected chi connectivity index (χ0v) is 16.4. The molecule has 1 aromatic carbocycles. The van der Waals surface area contributed by atoms with Gasteiger partial charge in [-0.15, -0.1) is 12.3 Å². The van der Waals surface area contributed by atoms with Crippen LogP contribution in [0.25, 0.3) is 0 Å². The number of ether oxygens (including phenoxy) is 1. The Hall–Kier alpha value is -2.48. The number of anilines is 1. The van der Waals surface area contributed by atoms with Crippen LogP contribution in [0.5, 0.6) is 0 Å². The maximum atomic E-state index is 12.2. The maximum absolute atomic E-state index is 12.2. The van der Waals surface area contributed by atoms with Gasteiger partial charge in [-0.25, -0.2) is 4.79 Å². The van der Waals surface area contributed by atoms with Crippen LogP contribution in [-0.4, -0.2) is 42.1 Å². The van der Waals surface area contributed by atoms with E-state index in [4.69, 9.17) is 11.2 Å². The number of hydrogen-bond donors (Lipinski definition) is 0. The summed E-state index contributed by atoms with van der Waals surface area (Å²) in [5, 5.41) is 0. The van der Waals surface area contributed by atoms with Crippen LogP contribution in [0.3, 0.4) is 0 Å². The van der Waals surface area contributed by atoms with Crippen molar-refractivity contribution in [2.45, 2.75) is 51.6 Å². The summed E-state index contributed by atoms with van der Waals surface area (Å²) in [6.45, 7) is 7.66. The van der Waals surface area contributed by atoms with Crippen LogP contribution in [0.1, 0.15) is 51.5 Å². The Labute approximate surface area is 161 Å². The van der Waals surface area contributed by atoms with E-state index in [1.807, 2.05) is 32.9 Å². The van der Waals surface area contributed by atoms with Crippen LogP contribution >= 0.6 is 0 Å². The summed E-state index contributed by atoms with van der Waals surface area (Å²) in [5.74, 6) is 3.20. The lowest BCUT2D eigenvalue weighted by Gasteiger charge is -2.33. The Morgan fingerprint density at radius 3 is 2.33 bits per heavy atom. The number of carbonyl (C=O) groups excluding carboxylic acids is 2. The highest BCUT2D eigenvalue weighted by molar-refractivity contribution is 5.96. The van der Waals surface area contributed by atoms with E-state index in [-0.39, 0.29) is 17.9 Å². The van der Waals surface area contributed by atoms with Crippen LogP contribution in [0, 0.1) is 18.3 Å². The fourth-order valence-electron chi connectivity index (χ4n) is 3.72. The van der Waals surface area contributed by atoms with Crippen molar-refractivity contribution in [1.29, 1.82) is 0 Å². The molecule has 5 nitrogen and oxygen atoms in total. The van der Waals surface area contributed by atoms with Gasteiger partial charge in [-0.05, 0) is 57.2 Å². The van der Waals surface area contributed by atoms with Gasteiger partial charge in [0.25, 0.3) is 0 Å². The molecule has 1 unspecified atom stereocenters.